The number of rotatable bonds is 4. The fourth-order valence-corrected chi connectivity index (χ4v) is 2.87. The average Bonchev–Trinajstić information content (AvgIpc) is 2.50. The Morgan fingerprint density at radius 1 is 1.25 bits per heavy atom. The molecule has 1 aromatic carbocycles. The van der Waals surface area contributed by atoms with E-state index in [1.54, 1.807) is 0 Å². The first-order valence-electron chi connectivity index (χ1n) is 7.83. The predicted octanol–water partition coefficient (Wildman–Crippen LogP) is 2.93. The Morgan fingerprint density at radius 3 is 2.55 bits per heavy atom. The number of nitrogens with zero attached hydrogens (tertiary/aromatic N) is 2. The summed E-state index contributed by atoms with van der Waals surface area (Å²) in [6.07, 6.45) is 4.89. The van der Waals surface area contributed by atoms with Crippen LogP contribution in [0.3, 0.4) is 0 Å². The molecule has 1 fully saturated rings. The molecule has 2 rings (SSSR count). The van der Waals surface area contributed by atoms with Crippen LogP contribution in [-0.2, 0) is 6.42 Å². The second kappa shape index (κ2) is 7.93. The van der Waals surface area contributed by atoms with Crippen LogP contribution in [0.15, 0.2) is 35.3 Å². The van der Waals surface area contributed by atoms with E-state index in [0.717, 1.165) is 37.9 Å². The summed E-state index contributed by atoms with van der Waals surface area (Å²) in [5.41, 5.74) is 1.47. The molecule has 20 heavy (non-hydrogen) atoms. The van der Waals surface area contributed by atoms with Gasteiger partial charge in [0, 0.05) is 26.7 Å². The lowest BCUT2D eigenvalue weighted by Crippen LogP contribution is -2.46. The highest BCUT2D eigenvalue weighted by Crippen LogP contribution is 2.21. The Labute approximate surface area is 123 Å². The van der Waals surface area contributed by atoms with Gasteiger partial charge in [0.2, 0.25) is 0 Å². The monoisotopic (exact) mass is 273 g/mol. The third-order valence-electron chi connectivity index (χ3n) is 4.03. The van der Waals surface area contributed by atoms with Crippen LogP contribution >= 0.6 is 0 Å². The van der Waals surface area contributed by atoms with E-state index in [-0.39, 0.29) is 0 Å². The maximum absolute atomic E-state index is 4.39. The maximum atomic E-state index is 4.39. The molecule has 0 bridgehead atoms. The molecular weight excluding hydrogens is 246 g/mol. The van der Waals surface area contributed by atoms with Crippen molar-refractivity contribution in [3.8, 4) is 0 Å². The van der Waals surface area contributed by atoms with E-state index in [9.17, 15) is 0 Å². The minimum absolute atomic E-state index is 0.818. The van der Waals surface area contributed by atoms with Crippen LogP contribution in [0.2, 0.25) is 0 Å². The SMILES string of the molecule is CCCNC(=NC)N1CCC(Cc2ccccc2)CC1. The summed E-state index contributed by atoms with van der Waals surface area (Å²) < 4.78 is 0. The minimum atomic E-state index is 0.818. The molecule has 1 aliphatic heterocycles. The van der Waals surface area contributed by atoms with Crippen LogP contribution in [0.5, 0.6) is 0 Å². The Bertz CT molecular complexity index is 406. The average molecular weight is 273 g/mol. The molecule has 0 radical (unpaired) electrons. The highest BCUT2D eigenvalue weighted by Gasteiger charge is 2.21. The Hall–Kier alpha value is -1.51. The van der Waals surface area contributed by atoms with E-state index < -0.39 is 0 Å². The molecule has 3 heteroatoms. The first kappa shape index (κ1) is 14.9. The van der Waals surface area contributed by atoms with Crippen molar-refractivity contribution >= 4 is 5.96 Å². The Balaban J connectivity index is 1.80. The molecule has 3 nitrogen and oxygen atoms in total. The van der Waals surface area contributed by atoms with Crippen molar-refractivity contribution in [2.45, 2.75) is 32.6 Å². The Kier molecular flexibility index (Phi) is 5.90. The molecule has 0 aliphatic carbocycles. The summed E-state index contributed by atoms with van der Waals surface area (Å²) in [4.78, 5) is 6.79. The van der Waals surface area contributed by atoms with E-state index in [4.69, 9.17) is 0 Å². The molecule has 0 atom stereocenters. The maximum Gasteiger partial charge on any atom is 0.193 e. The van der Waals surface area contributed by atoms with E-state index >= 15 is 0 Å². The van der Waals surface area contributed by atoms with Crippen LogP contribution in [0, 0.1) is 5.92 Å². The normalized spacial score (nSPS) is 17.3. The highest BCUT2D eigenvalue weighted by atomic mass is 15.3. The lowest BCUT2D eigenvalue weighted by molar-refractivity contribution is 0.259. The molecule has 0 aromatic heterocycles. The van der Waals surface area contributed by atoms with Gasteiger partial charge in [-0.3, -0.25) is 4.99 Å². The third-order valence-corrected chi connectivity index (χ3v) is 4.03. The van der Waals surface area contributed by atoms with Crippen molar-refractivity contribution in [2.75, 3.05) is 26.7 Å². The second-order valence-electron chi connectivity index (χ2n) is 5.59. The lowest BCUT2D eigenvalue weighted by atomic mass is 9.90. The number of piperidine rings is 1. The summed E-state index contributed by atoms with van der Waals surface area (Å²) in [6.45, 7) is 5.45. The Morgan fingerprint density at radius 2 is 1.95 bits per heavy atom. The molecule has 1 aliphatic rings. The first-order valence-corrected chi connectivity index (χ1v) is 7.83. The summed E-state index contributed by atoms with van der Waals surface area (Å²) in [7, 11) is 1.88. The number of benzene rings is 1. The van der Waals surface area contributed by atoms with Gasteiger partial charge in [0.05, 0.1) is 0 Å². The summed E-state index contributed by atoms with van der Waals surface area (Å²) >= 11 is 0. The van der Waals surface area contributed by atoms with Gasteiger partial charge in [-0.1, -0.05) is 37.3 Å². The third kappa shape index (κ3) is 4.26. The van der Waals surface area contributed by atoms with Crippen LogP contribution in [-0.4, -0.2) is 37.5 Å². The molecule has 1 N–H and O–H groups in total. The van der Waals surface area contributed by atoms with Crippen LogP contribution in [0.1, 0.15) is 31.7 Å². The van der Waals surface area contributed by atoms with E-state index in [0.29, 0.717) is 0 Å². The van der Waals surface area contributed by atoms with Crippen molar-refractivity contribution in [1.29, 1.82) is 0 Å². The van der Waals surface area contributed by atoms with Gasteiger partial charge in [0.25, 0.3) is 0 Å². The van der Waals surface area contributed by atoms with Gasteiger partial charge in [-0.15, -0.1) is 0 Å². The number of likely N-dealkylation sites (tertiary alicyclic amines) is 1. The molecule has 0 saturated carbocycles. The van der Waals surface area contributed by atoms with E-state index in [1.807, 2.05) is 7.05 Å². The molecule has 110 valence electrons. The molecule has 0 unspecified atom stereocenters. The minimum Gasteiger partial charge on any atom is -0.356 e. The summed E-state index contributed by atoms with van der Waals surface area (Å²) in [6, 6.07) is 10.9. The van der Waals surface area contributed by atoms with Crippen LogP contribution in [0.4, 0.5) is 0 Å². The second-order valence-corrected chi connectivity index (χ2v) is 5.59. The highest BCUT2D eigenvalue weighted by molar-refractivity contribution is 5.79. The fourth-order valence-electron chi connectivity index (χ4n) is 2.87. The van der Waals surface area contributed by atoms with Crippen LogP contribution < -0.4 is 5.32 Å². The molecule has 0 spiro atoms. The molecule has 1 heterocycles. The van der Waals surface area contributed by atoms with Crippen molar-refractivity contribution in [3.05, 3.63) is 35.9 Å². The van der Waals surface area contributed by atoms with Gasteiger partial charge < -0.3 is 10.2 Å². The lowest BCUT2D eigenvalue weighted by Gasteiger charge is -2.34. The molecular formula is C17H27N3. The predicted molar refractivity (Wildman–Crippen MR) is 86.1 cm³/mol. The molecule has 1 aromatic rings. The van der Waals surface area contributed by atoms with Crippen molar-refractivity contribution in [1.82, 2.24) is 10.2 Å². The quantitative estimate of drug-likeness (QED) is 0.675. The van der Waals surface area contributed by atoms with Crippen LogP contribution in [0.25, 0.3) is 0 Å². The largest absolute Gasteiger partial charge is 0.356 e. The number of aliphatic imine (C=N–C) groups is 1. The van der Waals surface area contributed by atoms with E-state index in [1.165, 1.54) is 24.8 Å². The zero-order valence-corrected chi connectivity index (χ0v) is 12.8. The van der Waals surface area contributed by atoms with Gasteiger partial charge in [-0.2, -0.15) is 0 Å². The zero-order valence-electron chi connectivity index (χ0n) is 12.8. The molecule has 1 saturated heterocycles. The van der Waals surface area contributed by atoms with Gasteiger partial charge in [-0.25, -0.2) is 0 Å². The number of nitrogens with one attached hydrogen (secondary N) is 1. The van der Waals surface area contributed by atoms with Crippen molar-refractivity contribution < 1.29 is 0 Å². The summed E-state index contributed by atoms with van der Waals surface area (Å²) in [5, 5.41) is 3.43. The van der Waals surface area contributed by atoms with Crippen molar-refractivity contribution in [2.24, 2.45) is 10.9 Å². The number of hydrogen-bond donors (Lipinski definition) is 1. The smallest absolute Gasteiger partial charge is 0.193 e. The van der Waals surface area contributed by atoms with Gasteiger partial charge >= 0.3 is 0 Å². The standard InChI is InChI=1S/C17H27N3/c1-3-11-19-17(18-2)20-12-9-16(10-13-20)14-15-7-5-4-6-8-15/h4-8,16H,3,9-14H2,1-2H3,(H,18,19). The topological polar surface area (TPSA) is 27.6 Å². The fraction of sp³-hybridized carbons (Fsp3) is 0.588. The summed E-state index contributed by atoms with van der Waals surface area (Å²) in [5.74, 6) is 1.89. The number of hydrogen-bond acceptors (Lipinski definition) is 1. The van der Waals surface area contributed by atoms with E-state index in [2.05, 4.69) is 52.5 Å². The zero-order chi connectivity index (χ0) is 14.2. The first-order chi connectivity index (χ1) is 9.83. The van der Waals surface area contributed by atoms with Gasteiger partial charge in [-0.05, 0) is 37.2 Å². The van der Waals surface area contributed by atoms with Gasteiger partial charge in [0.15, 0.2) is 5.96 Å². The van der Waals surface area contributed by atoms with Crippen molar-refractivity contribution in [3.63, 3.8) is 0 Å². The number of guanidine groups is 1. The molecule has 0 amide bonds. The van der Waals surface area contributed by atoms with Gasteiger partial charge in [0.1, 0.15) is 0 Å².